The molecule has 0 radical (unpaired) electrons. The van der Waals surface area contributed by atoms with Crippen LogP contribution in [-0.2, 0) is 10.0 Å². The van der Waals surface area contributed by atoms with Crippen LogP contribution in [0.2, 0.25) is 0 Å². The lowest BCUT2D eigenvalue weighted by molar-refractivity contribution is 0.0702. The third kappa shape index (κ3) is 3.65. The monoisotopic (exact) mass is 343 g/mol. The van der Waals surface area contributed by atoms with Crippen LogP contribution in [0.5, 0.6) is 0 Å². The van der Waals surface area contributed by atoms with E-state index in [0.717, 1.165) is 14.1 Å². The summed E-state index contributed by atoms with van der Waals surface area (Å²) in [6.45, 7) is 0. The number of nitrogens with zero attached hydrogens (tertiary/aromatic N) is 1. The molecule has 0 amide bonds. The zero-order valence-corrected chi connectivity index (χ0v) is 13.8. The maximum absolute atomic E-state index is 11.9. The van der Waals surface area contributed by atoms with Gasteiger partial charge in [-0.2, -0.15) is 0 Å². The summed E-state index contributed by atoms with van der Waals surface area (Å²) < 4.78 is 25.0. The summed E-state index contributed by atoms with van der Waals surface area (Å²) in [6, 6.07) is 8.10. The Bertz CT molecular complexity index is 748. The number of thiophene rings is 1. The van der Waals surface area contributed by atoms with Crippen molar-refractivity contribution in [2.45, 2.75) is 14.7 Å². The standard InChI is InChI=1S/C13H13NO4S3/c1-14(2)21(17,18)11-5-3-9(4-6-11)20-10-7-12(13(15)16)19-8-10/h3-8H,1-2H3,(H,15,16). The molecule has 8 heteroatoms. The molecule has 0 saturated heterocycles. The molecule has 1 aromatic heterocycles. The Labute approximate surface area is 131 Å². The van der Waals surface area contributed by atoms with Crippen molar-refractivity contribution < 1.29 is 18.3 Å². The lowest BCUT2D eigenvalue weighted by atomic mass is 10.4. The lowest BCUT2D eigenvalue weighted by Crippen LogP contribution is -2.22. The maximum atomic E-state index is 11.9. The highest BCUT2D eigenvalue weighted by atomic mass is 32.2. The normalized spacial score (nSPS) is 11.8. The van der Waals surface area contributed by atoms with E-state index in [9.17, 15) is 13.2 Å². The molecule has 0 aliphatic carbocycles. The summed E-state index contributed by atoms with van der Waals surface area (Å²) in [5.74, 6) is -0.945. The van der Waals surface area contributed by atoms with Crippen molar-refractivity contribution in [1.82, 2.24) is 4.31 Å². The fraction of sp³-hybridized carbons (Fsp3) is 0.154. The van der Waals surface area contributed by atoms with Gasteiger partial charge in [0.1, 0.15) is 4.88 Å². The minimum Gasteiger partial charge on any atom is -0.477 e. The first-order valence-corrected chi connectivity index (χ1v) is 8.96. The Morgan fingerprint density at radius 2 is 1.81 bits per heavy atom. The van der Waals surface area contributed by atoms with E-state index in [1.165, 1.54) is 37.2 Å². The zero-order chi connectivity index (χ0) is 15.6. The van der Waals surface area contributed by atoms with Crippen molar-refractivity contribution in [2.75, 3.05) is 14.1 Å². The third-order valence-electron chi connectivity index (χ3n) is 2.62. The lowest BCUT2D eigenvalue weighted by Gasteiger charge is -2.11. The molecule has 0 aliphatic rings. The van der Waals surface area contributed by atoms with Crippen molar-refractivity contribution in [3.63, 3.8) is 0 Å². The highest BCUT2D eigenvalue weighted by molar-refractivity contribution is 7.99. The van der Waals surface area contributed by atoms with Gasteiger partial charge in [-0.05, 0) is 30.3 Å². The summed E-state index contributed by atoms with van der Waals surface area (Å²) in [5, 5.41) is 10.6. The van der Waals surface area contributed by atoms with Gasteiger partial charge in [-0.15, -0.1) is 11.3 Å². The molecule has 112 valence electrons. The minimum absolute atomic E-state index is 0.230. The zero-order valence-electron chi connectivity index (χ0n) is 11.3. The molecule has 21 heavy (non-hydrogen) atoms. The number of carboxylic acid groups (broad SMARTS) is 1. The molecule has 2 rings (SSSR count). The Hall–Kier alpha value is -1.35. The SMILES string of the molecule is CN(C)S(=O)(=O)c1ccc(Sc2csc(C(=O)O)c2)cc1. The van der Waals surface area contributed by atoms with E-state index in [1.54, 1.807) is 35.7 Å². The molecule has 0 unspecified atom stereocenters. The number of benzene rings is 1. The van der Waals surface area contributed by atoms with Crippen molar-refractivity contribution >= 4 is 39.1 Å². The van der Waals surface area contributed by atoms with Gasteiger partial charge in [0.2, 0.25) is 10.0 Å². The molecular formula is C13H13NO4S3. The Kier molecular flexibility index (Phi) is 4.72. The van der Waals surface area contributed by atoms with Crippen LogP contribution in [0.1, 0.15) is 9.67 Å². The number of hydrogen-bond acceptors (Lipinski definition) is 5. The van der Waals surface area contributed by atoms with Crippen LogP contribution in [0.25, 0.3) is 0 Å². The molecule has 1 N–H and O–H groups in total. The second-order valence-electron chi connectivity index (χ2n) is 4.31. The smallest absolute Gasteiger partial charge is 0.345 e. The summed E-state index contributed by atoms with van der Waals surface area (Å²) in [4.78, 5) is 13.0. The first kappa shape index (κ1) is 16.0. The van der Waals surface area contributed by atoms with E-state index in [1.807, 2.05) is 0 Å². The number of carbonyl (C=O) groups is 1. The number of hydrogen-bond donors (Lipinski definition) is 1. The molecule has 0 aliphatic heterocycles. The molecular weight excluding hydrogens is 330 g/mol. The minimum atomic E-state index is -3.43. The van der Waals surface area contributed by atoms with Gasteiger partial charge in [-0.25, -0.2) is 17.5 Å². The van der Waals surface area contributed by atoms with Crippen LogP contribution >= 0.6 is 23.1 Å². The topological polar surface area (TPSA) is 74.7 Å². The first-order chi connectivity index (χ1) is 9.80. The van der Waals surface area contributed by atoms with Gasteiger partial charge in [0.25, 0.3) is 0 Å². The van der Waals surface area contributed by atoms with Crippen molar-refractivity contribution in [2.24, 2.45) is 0 Å². The van der Waals surface area contributed by atoms with Crippen molar-refractivity contribution in [3.05, 3.63) is 40.6 Å². The summed E-state index contributed by atoms with van der Waals surface area (Å²) in [5.41, 5.74) is 0. The molecule has 0 bridgehead atoms. The highest BCUT2D eigenvalue weighted by Gasteiger charge is 2.16. The van der Waals surface area contributed by atoms with Crippen LogP contribution in [0.4, 0.5) is 0 Å². The maximum Gasteiger partial charge on any atom is 0.345 e. The van der Waals surface area contributed by atoms with Gasteiger partial charge >= 0.3 is 5.97 Å². The second-order valence-corrected chi connectivity index (χ2v) is 8.52. The van der Waals surface area contributed by atoms with Gasteiger partial charge in [-0.3, -0.25) is 0 Å². The van der Waals surface area contributed by atoms with Crippen LogP contribution in [0, 0.1) is 0 Å². The predicted molar refractivity (Wildman–Crippen MR) is 82.7 cm³/mol. The predicted octanol–water partition coefficient (Wildman–Crippen LogP) is 2.85. The largest absolute Gasteiger partial charge is 0.477 e. The number of sulfonamides is 1. The van der Waals surface area contributed by atoms with Crippen LogP contribution in [0.15, 0.2) is 50.4 Å². The summed E-state index contributed by atoms with van der Waals surface area (Å²) in [7, 11) is -0.459. The van der Waals surface area contributed by atoms with E-state index < -0.39 is 16.0 Å². The third-order valence-corrected chi connectivity index (χ3v) is 6.50. The Balaban J connectivity index is 2.18. The molecule has 0 fully saturated rings. The molecule has 0 spiro atoms. The van der Waals surface area contributed by atoms with Gasteiger partial charge in [-0.1, -0.05) is 11.8 Å². The van der Waals surface area contributed by atoms with Gasteiger partial charge in [0.15, 0.2) is 0 Å². The molecule has 2 aromatic rings. The fourth-order valence-corrected chi connectivity index (χ4v) is 4.15. The highest BCUT2D eigenvalue weighted by Crippen LogP contribution is 2.32. The average molecular weight is 343 g/mol. The molecule has 0 saturated carbocycles. The molecule has 0 atom stereocenters. The molecule has 1 heterocycles. The molecule has 1 aromatic carbocycles. The van der Waals surface area contributed by atoms with Crippen LogP contribution < -0.4 is 0 Å². The van der Waals surface area contributed by atoms with Gasteiger partial charge in [0.05, 0.1) is 4.90 Å². The van der Waals surface area contributed by atoms with Crippen LogP contribution in [0.3, 0.4) is 0 Å². The van der Waals surface area contributed by atoms with Crippen LogP contribution in [-0.4, -0.2) is 37.9 Å². The quantitative estimate of drug-likeness (QED) is 0.903. The summed E-state index contributed by atoms with van der Waals surface area (Å²) >= 11 is 2.56. The van der Waals surface area contributed by atoms with E-state index >= 15 is 0 Å². The van der Waals surface area contributed by atoms with Gasteiger partial charge in [0, 0.05) is 29.3 Å². The number of carboxylic acids is 1. The van der Waals surface area contributed by atoms with E-state index in [0.29, 0.717) is 0 Å². The number of aromatic carboxylic acids is 1. The Morgan fingerprint density at radius 1 is 1.19 bits per heavy atom. The van der Waals surface area contributed by atoms with Crippen molar-refractivity contribution in [3.8, 4) is 0 Å². The number of rotatable bonds is 5. The molecule has 5 nitrogen and oxygen atoms in total. The van der Waals surface area contributed by atoms with E-state index in [2.05, 4.69) is 0 Å². The first-order valence-electron chi connectivity index (χ1n) is 5.83. The van der Waals surface area contributed by atoms with E-state index in [-0.39, 0.29) is 9.77 Å². The summed E-state index contributed by atoms with van der Waals surface area (Å²) in [6.07, 6.45) is 0. The van der Waals surface area contributed by atoms with Gasteiger partial charge < -0.3 is 5.11 Å². The second kappa shape index (κ2) is 6.18. The van der Waals surface area contributed by atoms with E-state index in [4.69, 9.17) is 5.11 Å². The fourth-order valence-electron chi connectivity index (χ4n) is 1.51. The Morgan fingerprint density at radius 3 is 2.29 bits per heavy atom. The van der Waals surface area contributed by atoms with Crippen molar-refractivity contribution in [1.29, 1.82) is 0 Å². The average Bonchev–Trinajstić information content (AvgIpc) is 2.88.